The fraction of sp³-hybridized carbons (Fsp3) is 0.250. The van der Waals surface area contributed by atoms with Gasteiger partial charge < -0.3 is 5.32 Å². The van der Waals surface area contributed by atoms with Crippen LogP contribution >= 0.6 is 11.6 Å². The minimum Gasteiger partial charge on any atom is -0.350 e. The number of nitrogens with one attached hydrogen (secondary N) is 1. The third-order valence-electron chi connectivity index (χ3n) is 4.81. The molecule has 0 spiro atoms. The van der Waals surface area contributed by atoms with Crippen molar-refractivity contribution in [1.82, 2.24) is 15.1 Å². The first-order valence-electron chi connectivity index (χ1n) is 9.51. The van der Waals surface area contributed by atoms with Crippen LogP contribution in [0.5, 0.6) is 0 Å². The fourth-order valence-electron chi connectivity index (χ4n) is 3.26. The Morgan fingerprint density at radius 2 is 1.90 bits per heavy atom. The number of nitrogens with zero attached hydrogens (tertiary/aromatic N) is 2. The second-order valence-electron chi connectivity index (χ2n) is 7.37. The molecule has 0 unspecified atom stereocenters. The summed E-state index contributed by atoms with van der Waals surface area (Å²) in [6.45, 7) is 7.94. The standard InChI is InChI=1S/C24H24ClN3O/c1-6-19-11-12-21(14-23(19)25)28-17(5)22(16(4)27-28)13-18-7-9-20(10-8-18)24(29)26-15(2)3/h1,7-12,14-15H,13H2,2-5H3,(H,26,29). The number of benzene rings is 2. The number of amides is 1. The van der Waals surface area contributed by atoms with Crippen LogP contribution < -0.4 is 5.32 Å². The Morgan fingerprint density at radius 1 is 1.21 bits per heavy atom. The van der Waals surface area contributed by atoms with E-state index in [2.05, 4.69) is 11.2 Å². The van der Waals surface area contributed by atoms with E-state index in [4.69, 9.17) is 23.1 Å². The molecule has 2 aromatic carbocycles. The Morgan fingerprint density at radius 3 is 2.48 bits per heavy atom. The summed E-state index contributed by atoms with van der Waals surface area (Å²) in [5.41, 5.74) is 6.49. The molecule has 0 aliphatic heterocycles. The molecule has 1 N–H and O–H groups in total. The van der Waals surface area contributed by atoms with Crippen molar-refractivity contribution in [2.75, 3.05) is 0 Å². The van der Waals surface area contributed by atoms with Crippen LogP contribution in [0.25, 0.3) is 5.69 Å². The van der Waals surface area contributed by atoms with Crippen LogP contribution in [-0.4, -0.2) is 21.7 Å². The zero-order valence-corrected chi connectivity index (χ0v) is 17.8. The van der Waals surface area contributed by atoms with Gasteiger partial charge in [-0.05, 0) is 63.6 Å². The van der Waals surface area contributed by atoms with Gasteiger partial charge in [-0.2, -0.15) is 5.10 Å². The number of terminal acetylenes is 1. The summed E-state index contributed by atoms with van der Waals surface area (Å²) in [7, 11) is 0. The average Bonchev–Trinajstić information content (AvgIpc) is 2.96. The summed E-state index contributed by atoms with van der Waals surface area (Å²) < 4.78 is 1.89. The minimum atomic E-state index is -0.0565. The van der Waals surface area contributed by atoms with E-state index in [1.165, 1.54) is 0 Å². The van der Waals surface area contributed by atoms with Crippen molar-refractivity contribution in [1.29, 1.82) is 0 Å². The van der Waals surface area contributed by atoms with Gasteiger partial charge in [-0.3, -0.25) is 4.79 Å². The molecule has 0 saturated carbocycles. The summed E-state index contributed by atoms with van der Waals surface area (Å²) in [4.78, 5) is 12.1. The van der Waals surface area contributed by atoms with Gasteiger partial charge in [0.05, 0.1) is 16.4 Å². The monoisotopic (exact) mass is 405 g/mol. The van der Waals surface area contributed by atoms with Gasteiger partial charge in [0.25, 0.3) is 5.91 Å². The lowest BCUT2D eigenvalue weighted by Gasteiger charge is -2.09. The molecule has 0 aliphatic rings. The van der Waals surface area contributed by atoms with Crippen LogP contribution in [0.15, 0.2) is 42.5 Å². The van der Waals surface area contributed by atoms with E-state index < -0.39 is 0 Å². The molecule has 5 heteroatoms. The number of aromatic nitrogens is 2. The van der Waals surface area contributed by atoms with Crippen molar-refractivity contribution in [2.45, 2.75) is 40.2 Å². The molecule has 1 heterocycles. The summed E-state index contributed by atoms with van der Waals surface area (Å²) in [5.74, 6) is 2.51. The third kappa shape index (κ3) is 4.52. The van der Waals surface area contributed by atoms with Crippen molar-refractivity contribution < 1.29 is 4.79 Å². The zero-order valence-electron chi connectivity index (χ0n) is 17.1. The first-order valence-corrected chi connectivity index (χ1v) is 9.89. The van der Waals surface area contributed by atoms with E-state index >= 15 is 0 Å². The van der Waals surface area contributed by atoms with Gasteiger partial charge in [-0.25, -0.2) is 4.68 Å². The highest BCUT2D eigenvalue weighted by molar-refractivity contribution is 6.31. The molecule has 4 nitrogen and oxygen atoms in total. The molecule has 0 atom stereocenters. The van der Waals surface area contributed by atoms with Crippen LogP contribution in [0.2, 0.25) is 5.02 Å². The molecule has 148 valence electrons. The van der Waals surface area contributed by atoms with Crippen LogP contribution in [0, 0.1) is 26.2 Å². The maximum absolute atomic E-state index is 12.1. The topological polar surface area (TPSA) is 46.9 Å². The molecule has 0 fully saturated rings. The van der Waals surface area contributed by atoms with Crippen molar-refractivity contribution in [3.8, 4) is 18.0 Å². The van der Waals surface area contributed by atoms with Crippen LogP contribution in [0.4, 0.5) is 0 Å². The van der Waals surface area contributed by atoms with E-state index in [1.54, 1.807) is 0 Å². The smallest absolute Gasteiger partial charge is 0.251 e. The maximum Gasteiger partial charge on any atom is 0.251 e. The van der Waals surface area contributed by atoms with Gasteiger partial charge in [0.15, 0.2) is 0 Å². The number of hydrogen-bond acceptors (Lipinski definition) is 2. The molecule has 0 saturated heterocycles. The molecule has 3 rings (SSSR count). The van der Waals surface area contributed by atoms with E-state index in [-0.39, 0.29) is 11.9 Å². The van der Waals surface area contributed by atoms with Crippen molar-refractivity contribution >= 4 is 17.5 Å². The van der Waals surface area contributed by atoms with Gasteiger partial charge in [0.1, 0.15) is 0 Å². The molecule has 0 radical (unpaired) electrons. The predicted octanol–water partition coefficient (Wildman–Crippen LogP) is 4.85. The van der Waals surface area contributed by atoms with Crippen LogP contribution in [0.1, 0.15) is 52.3 Å². The number of carbonyl (C=O) groups excluding carboxylic acids is 1. The molecule has 0 aliphatic carbocycles. The summed E-state index contributed by atoms with van der Waals surface area (Å²) in [6.07, 6.45) is 6.19. The summed E-state index contributed by atoms with van der Waals surface area (Å²) in [6, 6.07) is 13.4. The highest BCUT2D eigenvalue weighted by atomic mass is 35.5. The molecular weight excluding hydrogens is 382 g/mol. The van der Waals surface area contributed by atoms with Crippen molar-refractivity contribution in [2.24, 2.45) is 0 Å². The number of rotatable bonds is 5. The first-order chi connectivity index (χ1) is 13.8. The largest absolute Gasteiger partial charge is 0.350 e. The molecule has 0 bridgehead atoms. The van der Waals surface area contributed by atoms with E-state index in [1.807, 2.05) is 74.8 Å². The van der Waals surface area contributed by atoms with Gasteiger partial charge >= 0.3 is 0 Å². The van der Waals surface area contributed by atoms with Crippen molar-refractivity contribution in [3.63, 3.8) is 0 Å². The summed E-state index contributed by atoms with van der Waals surface area (Å²) in [5, 5.41) is 8.14. The Labute approximate surface area is 176 Å². The lowest BCUT2D eigenvalue weighted by Crippen LogP contribution is -2.29. The quantitative estimate of drug-likeness (QED) is 0.616. The second-order valence-corrected chi connectivity index (χ2v) is 7.78. The van der Waals surface area contributed by atoms with Gasteiger partial charge in [-0.1, -0.05) is 29.7 Å². The lowest BCUT2D eigenvalue weighted by atomic mass is 10.0. The van der Waals surface area contributed by atoms with Crippen LogP contribution in [-0.2, 0) is 6.42 Å². The highest BCUT2D eigenvalue weighted by Crippen LogP contribution is 2.24. The Hall–Kier alpha value is -3.03. The van der Waals surface area contributed by atoms with Crippen molar-refractivity contribution in [3.05, 3.63) is 81.1 Å². The normalized spacial score (nSPS) is 10.8. The van der Waals surface area contributed by atoms with Crippen LogP contribution in [0.3, 0.4) is 0 Å². The zero-order chi connectivity index (χ0) is 21.1. The van der Waals surface area contributed by atoms with E-state index in [0.29, 0.717) is 16.1 Å². The predicted molar refractivity (Wildman–Crippen MR) is 118 cm³/mol. The lowest BCUT2D eigenvalue weighted by molar-refractivity contribution is 0.0943. The van der Waals surface area contributed by atoms with Gasteiger partial charge in [-0.15, -0.1) is 6.42 Å². The molecular formula is C24H24ClN3O. The third-order valence-corrected chi connectivity index (χ3v) is 5.12. The number of aryl methyl sites for hydroxylation is 1. The van der Waals surface area contributed by atoms with E-state index in [9.17, 15) is 4.79 Å². The number of carbonyl (C=O) groups is 1. The molecule has 1 amide bonds. The number of halogens is 1. The molecule has 29 heavy (non-hydrogen) atoms. The Bertz CT molecular complexity index is 1090. The fourth-order valence-corrected chi connectivity index (χ4v) is 3.49. The SMILES string of the molecule is C#Cc1ccc(-n2nc(C)c(Cc3ccc(C(=O)NC(C)C)cc3)c2C)cc1Cl. The highest BCUT2D eigenvalue weighted by Gasteiger charge is 2.15. The van der Waals surface area contributed by atoms with Gasteiger partial charge in [0.2, 0.25) is 0 Å². The molecule has 1 aromatic heterocycles. The molecule has 3 aromatic rings. The Kier molecular flexibility index (Phi) is 6.10. The number of hydrogen-bond donors (Lipinski definition) is 1. The Balaban J connectivity index is 1.85. The van der Waals surface area contributed by atoms with E-state index in [0.717, 1.165) is 34.6 Å². The summed E-state index contributed by atoms with van der Waals surface area (Å²) >= 11 is 6.26. The average molecular weight is 406 g/mol. The second kappa shape index (κ2) is 8.55. The van der Waals surface area contributed by atoms with Gasteiger partial charge in [0, 0.05) is 34.8 Å². The maximum atomic E-state index is 12.1. The first kappa shape index (κ1) is 20.7. The minimum absolute atomic E-state index is 0.0565.